The van der Waals surface area contributed by atoms with E-state index >= 15 is 0 Å². The van der Waals surface area contributed by atoms with Crippen LogP contribution in [0.4, 0.5) is 0 Å². The van der Waals surface area contributed by atoms with Crippen molar-refractivity contribution in [3.8, 4) is 11.3 Å². The minimum Gasteiger partial charge on any atom is -0.352 e. The van der Waals surface area contributed by atoms with Gasteiger partial charge in [0, 0.05) is 12.1 Å². The highest BCUT2D eigenvalue weighted by Gasteiger charge is 2.10. The number of aromatic nitrogens is 1. The molecule has 1 amide bonds. The van der Waals surface area contributed by atoms with E-state index < -0.39 is 0 Å². The summed E-state index contributed by atoms with van der Waals surface area (Å²) in [5, 5.41) is 5.97. The van der Waals surface area contributed by atoms with Crippen molar-refractivity contribution in [2.24, 2.45) is 0 Å². The number of pyridine rings is 1. The lowest BCUT2D eigenvalue weighted by atomic mass is 10.1. The maximum atomic E-state index is 12.1. The molecule has 1 aromatic carbocycles. The minimum absolute atomic E-state index is 0. The number of benzene rings is 1. The minimum atomic E-state index is -0.0595. The summed E-state index contributed by atoms with van der Waals surface area (Å²) in [4.78, 5) is 16.6. The number of carbonyl (C=O) groups is 1. The molecule has 0 radical (unpaired) electrons. The van der Waals surface area contributed by atoms with Crippen LogP contribution in [0, 0.1) is 6.92 Å². The first-order valence-electron chi connectivity index (χ1n) is 7.18. The highest BCUT2D eigenvalue weighted by molar-refractivity contribution is 5.95. The summed E-state index contributed by atoms with van der Waals surface area (Å²) >= 11 is 0. The van der Waals surface area contributed by atoms with E-state index in [9.17, 15) is 4.79 Å². The molecule has 23 heavy (non-hydrogen) atoms. The van der Waals surface area contributed by atoms with Crippen molar-refractivity contribution in [3.05, 3.63) is 53.7 Å². The molecule has 0 spiro atoms. The summed E-state index contributed by atoms with van der Waals surface area (Å²) in [6.45, 7) is 3.43. The van der Waals surface area contributed by atoms with Gasteiger partial charge in [0.2, 0.25) is 0 Å². The Morgan fingerprint density at radius 3 is 2.35 bits per heavy atom. The molecule has 0 saturated carbocycles. The van der Waals surface area contributed by atoms with Gasteiger partial charge in [0.15, 0.2) is 0 Å². The number of halogens is 2. The van der Waals surface area contributed by atoms with E-state index in [4.69, 9.17) is 0 Å². The lowest BCUT2D eigenvalue weighted by Gasteiger charge is -2.09. The van der Waals surface area contributed by atoms with E-state index in [1.807, 2.05) is 56.4 Å². The Hall–Kier alpha value is -1.62. The number of carbonyl (C=O) groups excluding carboxylic acids is 1. The molecule has 1 heterocycles. The van der Waals surface area contributed by atoms with Crippen LogP contribution in [0.3, 0.4) is 0 Å². The van der Waals surface area contributed by atoms with Crippen LogP contribution < -0.4 is 10.6 Å². The van der Waals surface area contributed by atoms with E-state index in [-0.39, 0.29) is 30.7 Å². The molecule has 0 atom stereocenters. The molecule has 1 aromatic heterocycles. The van der Waals surface area contributed by atoms with E-state index in [0.717, 1.165) is 29.9 Å². The molecule has 0 aliphatic carbocycles. The van der Waals surface area contributed by atoms with Crippen LogP contribution in [0.2, 0.25) is 0 Å². The molecule has 0 fully saturated rings. The Morgan fingerprint density at radius 2 is 1.74 bits per heavy atom. The van der Waals surface area contributed by atoms with E-state index in [2.05, 4.69) is 15.6 Å². The maximum Gasteiger partial charge on any atom is 0.253 e. The number of aryl methyl sites for hydroxylation is 1. The van der Waals surface area contributed by atoms with Crippen LogP contribution in [0.15, 0.2) is 42.5 Å². The normalized spacial score (nSPS) is 9.48. The summed E-state index contributed by atoms with van der Waals surface area (Å²) in [6.07, 6.45) is 0.914. The monoisotopic (exact) mass is 355 g/mol. The SMILES string of the molecule is CNCCCNC(=O)c1ccc(-c2ccccc2)nc1C.Cl.Cl. The van der Waals surface area contributed by atoms with Gasteiger partial charge >= 0.3 is 0 Å². The van der Waals surface area contributed by atoms with Crippen LogP contribution in [-0.2, 0) is 0 Å². The van der Waals surface area contributed by atoms with Gasteiger partial charge in [-0.1, -0.05) is 30.3 Å². The van der Waals surface area contributed by atoms with Gasteiger partial charge in [-0.25, -0.2) is 0 Å². The lowest BCUT2D eigenvalue weighted by molar-refractivity contribution is 0.0952. The Labute approximate surface area is 149 Å². The highest BCUT2D eigenvalue weighted by atomic mass is 35.5. The molecule has 0 aliphatic rings. The second-order valence-corrected chi connectivity index (χ2v) is 4.91. The summed E-state index contributed by atoms with van der Waals surface area (Å²) < 4.78 is 0. The largest absolute Gasteiger partial charge is 0.352 e. The van der Waals surface area contributed by atoms with Gasteiger partial charge in [-0.3, -0.25) is 9.78 Å². The van der Waals surface area contributed by atoms with E-state index in [1.54, 1.807) is 0 Å². The van der Waals surface area contributed by atoms with Gasteiger partial charge in [-0.05, 0) is 39.1 Å². The van der Waals surface area contributed by atoms with Crippen LogP contribution in [0.5, 0.6) is 0 Å². The molecule has 2 rings (SSSR count). The highest BCUT2D eigenvalue weighted by Crippen LogP contribution is 2.18. The number of hydrogen-bond acceptors (Lipinski definition) is 3. The summed E-state index contributed by atoms with van der Waals surface area (Å²) in [5.41, 5.74) is 3.34. The summed E-state index contributed by atoms with van der Waals surface area (Å²) in [5.74, 6) is -0.0595. The fourth-order valence-corrected chi connectivity index (χ4v) is 2.13. The predicted octanol–water partition coefficient (Wildman–Crippen LogP) is 3.24. The molecule has 2 N–H and O–H groups in total. The Kier molecular flexibility index (Phi) is 10.2. The molecular formula is C17H23Cl2N3O. The molecule has 0 saturated heterocycles. The second-order valence-electron chi connectivity index (χ2n) is 4.91. The molecular weight excluding hydrogens is 333 g/mol. The second kappa shape index (κ2) is 11.0. The van der Waals surface area contributed by atoms with Gasteiger partial charge in [0.25, 0.3) is 5.91 Å². The quantitative estimate of drug-likeness (QED) is 0.782. The van der Waals surface area contributed by atoms with Crippen LogP contribution >= 0.6 is 24.8 Å². The van der Waals surface area contributed by atoms with Crippen molar-refractivity contribution in [2.45, 2.75) is 13.3 Å². The summed E-state index contributed by atoms with van der Waals surface area (Å²) in [6, 6.07) is 13.7. The number of amides is 1. The van der Waals surface area contributed by atoms with Gasteiger partial charge in [-0.15, -0.1) is 24.8 Å². The first-order chi connectivity index (χ1) is 10.2. The third-order valence-electron chi connectivity index (χ3n) is 3.29. The van der Waals surface area contributed by atoms with Gasteiger partial charge in [-0.2, -0.15) is 0 Å². The molecule has 0 aliphatic heterocycles. The molecule has 4 nitrogen and oxygen atoms in total. The van der Waals surface area contributed by atoms with Crippen molar-refractivity contribution < 1.29 is 4.79 Å². The first kappa shape index (κ1) is 21.4. The van der Waals surface area contributed by atoms with Gasteiger partial charge in [0.05, 0.1) is 17.0 Å². The standard InChI is InChI=1S/C17H21N3O.2ClH/c1-13-15(17(21)19-12-6-11-18-2)9-10-16(20-13)14-7-4-3-5-8-14;;/h3-5,7-10,18H,6,11-12H2,1-2H3,(H,19,21);2*1H. The van der Waals surface area contributed by atoms with E-state index in [1.165, 1.54) is 0 Å². The van der Waals surface area contributed by atoms with Crippen molar-refractivity contribution in [1.82, 2.24) is 15.6 Å². The number of nitrogens with one attached hydrogen (secondary N) is 2. The zero-order valence-electron chi connectivity index (χ0n) is 13.3. The van der Waals surface area contributed by atoms with Crippen LogP contribution in [0.1, 0.15) is 22.5 Å². The van der Waals surface area contributed by atoms with Gasteiger partial charge in [0.1, 0.15) is 0 Å². The number of rotatable bonds is 6. The summed E-state index contributed by atoms with van der Waals surface area (Å²) in [7, 11) is 1.90. The molecule has 0 bridgehead atoms. The third kappa shape index (κ3) is 6.18. The molecule has 2 aromatic rings. The van der Waals surface area contributed by atoms with Crippen LogP contribution in [-0.4, -0.2) is 31.0 Å². The molecule has 6 heteroatoms. The Morgan fingerprint density at radius 1 is 1.04 bits per heavy atom. The molecule has 126 valence electrons. The maximum absolute atomic E-state index is 12.1. The molecule has 0 unspecified atom stereocenters. The smallest absolute Gasteiger partial charge is 0.253 e. The topological polar surface area (TPSA) is 54.0 Å². The fourth-order valence-electron chi connectivity index (χ4n) is 2.13. The van der Waals surface area contributed by atoms with Crippen LogP contribution in [0.25, 0.3) is 11.3 Å². The average Bonchev–Trinajstić information content (AvgIpc) is 2.52. The van der Waals surface area contributed by atoms with Gasteiger partial charge < -0.3 is 10.6 Å². The van der Waals surface area contributed by atoms with Crippen molar-refractivity contribution in [3.63, 3.8) is 0 Å². The zero-order valence-corrected chi connectivity index (χ0v) is 15.0. The average molecular weight is 356 g/mol. The van der Waals surface area contributed by atoms with Crippen molar-refractivity contribution >= 4 is 30.7 Å². The third-order valence-corrected chi connectivity index (χ3v) is 3.29. The first-order valence-corrected chi connectivity index (χ1v) is 7.18. The zero-order chi connectivity index (χ0) is 15.1. The number of nitrogens with zero attached hydrogens (tertiary/aromatic N) is 1. The lowest BCUT2D eigenvalue weighted by Crippen LogP contribution is -2.27. The van der Waals surface area contributed by atoms with E-state index in [0.29, 0.717) is 12.1 Å². The van der Waals surface area contributed by atoms with Crippen molar-refractivity contribution in [2.75, 3.05) is 20.1 Å². The predicted molar refractivity (Wildman–Crippen MR) is 99.8 cm³/mol. The Balaban J connectivity index is 0.00000242. The number of hydrogen-bond donors (Lipinski definition) is 2. The Bertz CT molecular complexity index is 606. The van der Waals surface area contributed by atoms with Crippen molar-refractivity contribution in [1.29, 1.82) is 0 Å². The fraction of sp³-hybridized carbons (Fsp3) is 0.294.